The van der Waals surface area contributed by atoms with E-state index in [1.807, 2.05) is 42.7 Å². The van der Waals surface area contributed by atoms with Gasteiger partial charge in [-0.1, -0.05) is 18.2 Å². The summed E-state index contributed by atoms with van der Waals surface area (Å²) >= 11 is 1.61. The molecule has 1 unspecified atom stereocenters. The highest BCUT2D eigenvalue weighted by Crippen LogP contribution is 2.36. The van der Waals surface area contributed by atoms with Crippen molar-refractivity contribution in [2.45, 2.75) is 11.0 Å². The van der Waals surface area contributed by atoms with Crippen LogP contribution in [0.5, 0.6) is 11.5 Å². The summed E-state index contributed by atoms with van der Waals surface area (Å²) < 4.78 is 10.5. The van der Waals surface area contributed by atoms with Crippen LogP contribution in [0, 0.1) is 0 Å². The van der Waals surface area contributed by atoms with Crippen molar-refractivity contribution in [3.05, 3.63) is 53.6 Å². The average Bonchev–Trinajstić information content (AvgIpc) is 2.53. The Morgan fingerprint density at radius 2 is 1.75 bits per heavy atom. The first kappa shape index (κ1) is 14.8. The number of ether oxygens (including phenoxy) is 2. The molecule has 2 rings (SSSR count). The van der Waals surface area contributed by atoms with Gasteiger partial charge in [0, 0.05) is 16.5 Å². The quantitative estimate of drug-likeness (QED) is 0.855. The zero-order valence-corrected chi connectivity index (χ0v) is 12.6. The van der Waals surface area contributed by atoms with Crippen LogP contribution in [0.4, 0.5) is 0 Å². The first-order valence-corrected chi connectivity index (χ1v) is 7.46. The molecule has 0 aliphatic rings. The van der Waals surface area contributed by atoms with E-state index >= 15 is 0 Å². The lowest BCUT2D eigenvalue weighted by molar-refractivity contribution is 0.211. The second-order valence-corrected chi connectivity index (χ2v) is 5.10. The Balaban J connectivity index is 2.45. The molecule has 0 heterocycles. The smallest absolute Gasteiger partial charge is 0.128 e. The number of methoxy groups -OCH3 is 2. The number of thioether (sulfide) groups is 1. The number of hydrogen-bond donors (Lipinski definition) is 1. The monoisotopic (exact) mass is 290 g/mol. The topological polar surface area (TPSA) is 38.7 Å². The van der Waals surface area contributed by atoms with Crippen molar-refractivity contribution in [2.24, 2.45) is 0 Å². The van der Waals surface area contributed by atoms with Crippen LogP contribution in [0.25, 0.3) is 0 Å². The van der Waals surface area contributed by atoms with Gasteiger partial charge in [-0.3, -0.25) is 0 Å². The summed E-state index contributed by atoms with van der Waals surface area (Å²) in [5.41, 5.74) is 1.61. The molecule has 106 valence electrons. The number of benzene rings is 2. The fourth-order valence-electron chi connectivity index (χ4n) is 2.10. The second-order valence-electron chi connectivity index (χ2n) is 4.25. The molecule has 1 atom stereocenters. The Morgan fingerprint density at radius 3 is 2.40 bits per heavy atom. The summed E-state index contributed by atoms with van der Waals surface area (Å²) in [5.74, 6) is 1.32. The number of hydrogen-bond acceptors (Lipinski definition) is 4. The highest BCUT2D eigenvalue weighted by atomic mass is 32.2. The third-order valence-corrected chi connectivity index (χ3v) is 3.98. The van der Waals surface area contributed by atoms with Crippen LogP contribution in [0.3, 0.4) is 0 Å². The molecule has 20 heavy (non-hydrogen) atoms. The van der Waals surface area contributed by atoms with Gasteiger partial charge in [-0.2, -0.15) is 0 Å². The summed E-state index contributed by atoms with van der Waals surface area (Å²) in [5, 5.41) is 10.6. The van der Waals surface area contributed by atoms with Gasteiger partial charge in [-0.05, 0) is 30.0 Å². The van der Waals surface area contributed by atoms with Crippen molar-refractivity contribution >= 4 is 11.8 Å². The van der Waals surface area contributed by atoms with Gasteiger partial charge in [0.05, 0.1) is 14.2 Å². The molecule has 0 fully saturated rings. The number of aliphatic hydroxyl groups is 1. The summed E-state index contributed by atoms with van der Waals surface area (Å²) in [6.45, 7) is 0. The molecule has 0 aliphatic carbocycles. The molecule has 2 aromatic rings. The van der Waals surface area contributed by atoms with E-state index in [0.717, 1.165) is 16.0 Å². The van der Waals surface area contributed by atoms with E-state index in [1.54, 1.807) is 32.0 Å². The number of aliphatic hydroxyl groups excluding tert-OH is 1. The SMILES string of the molecule is COc1ccc(C(O)c2ccccc2SC)c(OC)c1. The standard InChI is InChI=1S/C16H18O3S/c1-18-11-8-9-12(14(10-11)19-2)16(17)13-6-4-5-7-15(13)20-3/h4-10,16-17H,1-3H3. The van der Waals surface area contributed by atoms with Gasteiger partial charge in [-0.15, -0.1) is 11.8 Å². The fraction of sp³-hybridized carbons (Fsp3) is 0.250. The van der Waals surface area contributed by atoms with Crippen LogP contribution in [0.2, 0.25) is 0 Å². The van der Waals surface area contributed by atoms with Gasteiger partial charge in [-0.25, -0.2) is 0 Å². The summed E-state index contributed by atoms with van der Waals surface area (Å²) in [7, 11) is 3.19. The maximum Gasteiger partial charge on any atom is 0.128 e. The molecule has 0 spiro atoms. The molecule has 0 radical (unpaired) electrons. The molecule has 4 heteroatoms. The Kier molecular flexibility index (Phi) is 4.93. The summed E-state index contributed by atoms with van der Waals surface area (Å²) in [6.07, 6.45) is 1.27. The van der Waals surface area contributed by atoms with Crippen molar-refractivity contribution in [1.29, 1.82) is 0 Å². The molecule has 0 saturated carbocycles. The molecule has 0 aliphatic heterocycles. The van der Waals surface area contributed by atoms with E-state index in [4.69, 9.17) is 9.47 Å². The molecule has 0 aromatic heterocycles. The Labute approximate surface area is 123 Å². The third kappa shape index (κ3) is 2.92. The van der Waals surface area contributed by atoms with Crippen molar-refractivity contribution in [2.75, 3.05) is 20.5 Å². The zero-order valence-electron chi connectivity index (χ0n) is 11.8. The van der Waals surface area contributed by atoms with Gasteiger partial charge >= 0.3 is 0 Å². The van der Waals surface area contributed by atoms with Crippen LogP contribution >= 0.6 is 11.8 Å². The summed E-state index contributed by atoms with van der Waals surface area (Å²) in [4.78, 5) is 1.05. The largest absolute Gasteiger partial charge is 0.497 e. The van der Waals surface area contributed by atoms with Gasteiger partial charge in [0.1, 0.15) is 17.6 Å². The predicted octanol–water partition coefficient (Wildman–Crippen LogP) is 3.51. The van der Waals surface area contributed by atoms with Crippen molar-refractivity contribution < 1.29 is 14.6 Å². The first-order chi connectivity index (χ1) is 9.71. The van der Waals surface area contributed by atoms with Crippen molar-refractivity contribution in [1.82, 2.24) is 0 Å². The molecular formula is C16H18O3S. The summed E-state index contributed by atoms with van der Waals surface area (Å²) in [6, 6.07) is 13.3. The first-order valence-electron chi connectivity index (χ1n) is 6.24. The van der Waals surface area contributed by atoms with Crippen LogP contribution < -0.4 is 9.47 Å². The Morgan fingerprint density at radius 1 is 1.00 bits per heavy atom. The minimum atomic E-state index is -0.723. The molecular weight excluding hydrogens is 272 g/mol. The van der Waals surface area contributed by atoms with Gasteiger partial charge < -0.3 is 14.6 Å². The van der Waals surface area contributed by atoms with Gasteiger partial charge in [0.2, 0.25) is 0 Å². The van der Waals surface area contributed by atoms with Crippen LogP contribution in [-0.2, 0) is 0 Å². The Bertz CT molecular complexity index is 584. The lowest BCUT2D eigenvalue weighted by Gasteiger charge is -2.18. The maximum atomic E-state index is 10.6. The average molecular weight is 290 g/mol. The normalized spacial score (nSPS) is 12.0. The van der Waals surface area contributed by atoms with Crippen molar-refractivity contribution in [3.63, 3.8) is 0 Å². The van der Waals surface area contributed by atoms with E-state index < -0.39 is 6.10 Å². The molecule has 0 amide bonds. The van der Waals surface area contributed by atoms with Crippen molar-refractivity contribution in [3.8, 4) is 11.5 Å². The lowest BCUT2D eigenvalue weighted by atomic mass is 10.0. The number of rotatable bonds is 5. The van der Waals surface area contributed by atoms with E-state index in [-0.39, 0.29) is 0 Å². The minimum Gasteiger partial charge on any atom is -0.497 e. The van der Waals surface area contributed by atoms with Crippen LogP contribution in [0.15, 0.2) is 47.4 Å². The highest BCUT2D eigenvalue weighted by Gasteiger charge is 2.18. The van der Waals surface area contributed by atoms with Crippen LogP contribution in [0.1, 0.15) is 17.2 Å². The fourth-order valence-corrected chi connectivity index (χ4v) is 2.73. The Hall–Kier alpha value is -1.65. The van der Waals surface area contributed by atoms with E-state index in [9.17, 15) is 5.11 Å². The second kappa shape index (κ2) is 6.68. The lowest BCUT2D eigenvalue weighted by Crippen LogP contribution is -2.04. The molecule has 0 bridgehead atoms. The molecule has 1 N–H and O–H groups in total. The van der Waals surface area contributed by atoms with E-state index in [0.29, 0.717) is 11.5 Å². The highest BCUT2D eigenvalue weighted by molar-refractivity contribution is 7.98. The van der Waals surface area contributed by atoms with E-state index in [2.05, 4.69) is 0 Å². The molecule has 0 saturated heterocycles. The predicted molar refractivity (Wildman–Crippen MR) is 81.8 cm³/mol. The minimum absolute atomic E-state index is 0.618. The molecule has 3 nitrogen and oxygen atoms in total. The third-order valence-electron chi connectivity index (χ3n) is 3.17. The van der Waals surface area contributed by atoms with Crippen LogP contribution in [-0.4, -0.2) is 25.6 Å². The zero-order chi connectivity index (χ0) is 14.5. The maximum absolute atomic E-state index is 10.6. The van der Waals surface area contributed by atoms with Gasteiger partial charge in [0.25, 0.3) is 0 Å². The molecule has 2 aromatic carbocycles. The van der Waals surface area contributed by atoms with Gasteiger partial charge in [0.15, 0.2) is 0 Å². The van der Waals surface area contributed by atoms with E-state index in [1.165, 1.54) is 0 Å².